The third-order valence-corrected chi connectivity index (χ3v) is 16.6. The van der Waals surface area contributed by atoms with Crippen molar-refractivity contribution in [1.82, 2.24) is 52.3 Å². The molecule has 99 heavy (non-hydrogen) atoms. The summed E-state index contributed by atoms with van der Waals surface area (Å²) in [5.74, 6) is -19.7. The number of rotatable bonds is 41. The van der Waals surface area contributed by atoms with E-state index < -0.39 is 242 Å². The van der Waals surface area contributed by atoms with Crippen molar-refractivity contribution in [2.45, 2.75) is 190 Å². The monoisotopic (exact) mass is 1420 g/mol. The lowest BCUT2D eigenvalue weighted by atomic mass is 9.96. The highest BCUT2D eigenvalue weighted by atomic mass is 32.2. The van der Waals surface area contributed by atoms with Crippen LogP contribution in [0, 0.1) is 5.92 Å². The second-order valence-electron chi connectivity index (χ2n) is 23.7. The Balaban J connectivity index is 1.54. The van der Waals surface area contributed by atoms with Crippen molar-refractivity contribution in [3.63, 3.8) is 0 Å². The van der Waals surface area contributed by atoms with Crippen LogP contribution >= 0.6 is 0 Å². The van der Waals surface area contributed by atoms with E-state index in [1.54, 1.807) is 18.6 Å². The first-order valence-corrected chi connectivity index (χ1v) is 32.9. The number of benzene rings is 2. The molecule has 0 bridgehead atoms. The molecule has 17 N–H and O–H groups in total. The first-order valence-electron chi connectivity index (χ1n) is 31.4. The molecule has 11 atom stereocenters. The second-order valence-corrected chi connectivity index (χ2v) is 24.9. The van der Waals surface area contributed by atoms with Gasteiger partial charge in [0.1, 0.15) is 66.2 Å². The van der Waals surface area contributed by atoms with E-state index in [1.165, 1.54) is 36.4 Å². The van der Waals surface area contributed by atoms with Crippen LogP contribution in [-0.4, -0.2) is 227 Å². The molecule has 0 unspecified atom stereocenters. The number of nitrogens with zero attached hydrogens (tertiary/aromatic N) is 2. The van der Waals surface area contributed by atoms with E-state index in [2.05, 4.69) is 42.5 Å². The molecular weight excluding hydrogens is 1330 g/mol. The van der Waals surface area contributed by atoms with Crippen molar-refractivity contribution >= 4 is 111 Å². The Hall–Kier alpha value is -10.5. The molecule has 2 aromatic rings. The number of hydrogen-bond acceptors (Lipinski definition) is 19. The molecule has 2 aliphatic rings. The summed E-state index contributed by atoms with van der Waals surface area (Å²) in [5, 5.41) is 85.8. The largest absolute Gasteiger partial charge is 0.508 e. The number of carbonyl (C=O) groups excluding carboxylic acids is 10. The Morgan fingerprint density at radius 3 is 1.33 bits per heavy atom. The lowest BCUT2D eigenvalue weighted by Gasteiger charge is -2.34. The van der Waals surface area contributed by atoms with Crippen molar-refractivity contribution in [3.8, 4) is 5.75 Å². The summed E-state index contributed by atoms with van der Waals surface area (Å²) in [4.78, 5) is 213. The molecule has 2 fully saturated rings. The molecule has 2 aromatic carbocycles. The van der Waals surface area contributed by atoms with Gasteiger partial charge in [-0.2, -0.15) is 8.42 Å². The molecule has 37 nitrogen and oxygen atoms in total. The predicted molar refractivity (Wildman–Crippen MR) is 339 cm³/mol. The van der Waals surface area contributed by atoms with Gasteiger partial charge in [0.15, 0.2) is 0 Å². The van der Waals surface area contributed by atoms with Crippen molar-refractivity contribution in [1.29, 1.82) is 0 Å². The summed E-state index contributed by atoms with van der Waals surface area (Å²) >= 11 is 0. The maximum absolute atomic E-state index is 14.7. The highest BCUT2D eigenvalue weighted by Gasteiger charge is 2.44. The highest BCUT2D eigenvalue weighted by molar-refractivity contribution is 7.87. The van der Waals surface area contributed by atoms with Gasteiger partial charge in [0, 0.05) is 58.0 Å². The normalized spacial score (nSPS) is 17.0. The lowest BCUT2D eigenvalue weighted by molar-refractivity contribution is -0.146. The Kier molecular flexibility index (Phi) is 31.4. The van der Waals surface area contributed by atoms with Crippen molar-refractivity contribution in [3.05, 3.63) is 59.7 Å². The van der Waals surface area contributed by atoms with Crippen LogP contribution in [0.5, 0.6) is 5.75 Å². The van der Waals surface area contributed by atoms with Gasteiger partial charge in [0.2, 0.25) is 59.1 Å². The highest BCUT2D eigenvalue weighted by Crippen LogP contribution is 2.25. The van der Waals surface area contributed by atoms with Crippen molar-refractivity contribution in [2.24, 2.45) is 5.92 Å². The SMILES string of the molecule is CC[C@H](C)[C@H](NC(=O)[C@@H]1CCCN1C(=O)[C@H](CCC(=O)O)NC(=O)[C@H](Cc1ccc(O)cc1)NC(=O)CCC(=O)O)C(=O)N1CCC[C@H]1C(=O)N[C@@H](CCC(=O)O)C(=O)N[C@@H](CCC(=O)O)C(=O)N[C@@H](C)C(=O)N[C@@H](Cc1ccc(NS(=O)(=O)O)cc1)C(=O)N[C@@H](CCC(=O)O)C(=O)O. The average Bonchev–Trinajstić information content (AvgIpc) is 1.75. The number of carboxylic acids is 6. The molecule has 544 valence electrons. The number of phenols is 1. The van der Waals surface area contributed by atoms with Gasteiger partial charge in [-0.3, -0.25) is 81.2 Å². The van der Waals surface area contributed by atoms with Gasteiger partial charge in [0.25, 0.3) is 0 Å². The van der Waals surface area contributed by atoms with E-state index in [0.29, 0.717) is 5.56 Å². The van der Waals surface area contributed by atoms with E-state index >= 15 is 0 Å². The number of likely N-dealkylation sites (tertiary alicyclic amines) is 2. The summed E-state index contributed by atoms with van der Waals surface area (Å²) < 4.78 is 33.6. The Morgan fingerprint density at radius 1 is 0.465 bits per heavy atom. The van der Waals surface area contributed by atoms with E-state index in [1.807, 2.05) is 0 Å². The first kappa shape index (κ1) is 80.9. The summed E-state index contributed by atoms with van der Waals surface area (Å²) in [6, 6.07) is -5.73. The molecule has 0 spiro atoms. The number of aromatic hydroxyl groups is 1. The minimum atomic E-state index is -4.72. The fourth-order valence-electron chi connectivity index (χ4n) is 10.7. The molecular formula is C61H83N11O26S. The Morgan fingerprint density at radius 2 is 0.859 bits per heavy atom. The minimum absolute atomic E-state index is 0.0187. The molecule has 0 saturated carbocycles. The summed E-state index contributed by atoms with van der Waals surface area (Å²) in [5.41, 5.74) is 0.462. The number of phenolic OH excluding ortho intramolecular Hbond substituents is 1. The van der Waals surface area contributed by atoms with Crippen molar-refractivity contribution in [2.75, 3.05) is 17.8 Å². The zero-order chi connectivity index (χ0) is 74.0. The van der Waals surface area contributed by atoms with Crippen LogP contribution < -0.4 is 47.3 Å². The summed E-state index contributed by atoms with van der Waals surface area (Å²) in [7, 11) is -4.72. The van der Waals surface area contributed by atoms with Gasteiger partial charge in [-0.15, -0.1) is 0 Å². The molecule has 0 radical (unpaired) electrons. The third kappa shape index (κ3) is 27.1. The van der Waals surface area contributed by atoms with Crippen LogP contribution in [-0.2, 0) is 99.9 Å². The third-order valence-electron chi connectivity index (χ3n) is 16.2. The molecule has 10 amide bonds. The van der Waals surface area contributed by atoms with Crippen LogP contribution in [0.15, 0.2) is 48.5 Å². The zero-order valence-corrected chi connectivity index (χ0v) is 55.0. The average molecular weight is 1420 g/mol. The van der Waals surface area contributed by atoms with Crippen molar-refractivity contribution < 1.29 is 125 Å². The first-order chi connectivity index (χ1) is 46.5. The van der Waals surface area contributed by atoms with Gasteiger partial charge in [-0.25, -0.2) is 4.79 Å². The maximum Gasteiger partial charge on any atom is 0.357 e. The Labute approximate surface area is 566 Å². The number of anilines is 1. The smallest absolute Gasteiger partial charge is 0.357 e. The summed E-state index contributed by atoms with van der Waals surface area (Å²) in [6.07, 6.45) is -6.61. The van der Waals surface area contributed by atoms with Gasteiger partial charge in [0.05, 0.1) is 12.1 Å². The minimum Gasteiger partial charge on any atom is -0.508 e. The molecule has 38 heteroatoms. The van der Waals surface area contributed by atoms with E-state index in [4.69, 9.17) is 14.8 Å². The maximum atomic E-state index is 14.7. The second kappa shape index (κ2) is 38.4. The topological polar surface area (TPSA) is 584 Å². The van der Waals surface area contributed by atoms with E-state index in [0.717, 1.165) is 28.9 Å². The van der Waals surface area contributed by atoms with E-state index in [-0.39, 0.29) is 68.6 Å². The quantitative estimate of drug-likeness (QED) is 0.0312. The number of carbonyl (C=O) groups is 16. The number of hydrogen-bond donors (Lipinski definition) is 17. The van der Waals surface area contributed by atoms with Gasteiger partial charge in [-0.1, -0.05) is 44.5 Å². The number of aliphatic carboxylic acids is 6. The molecule has 2 heterocycles. The molecule has 4 rings (SSSR count). The molecule has 2 aliphatic heterocycles. The van der Waals surface area contributed by atoms with Crippen LogP contribution in [0.4, 0.5) is 5.69 Å². The Bertz CT molecular complexity index is 3430. The standard InChI is InChI=1S/C61H83N11O26S/c1-4-31(2)51(69-58(91)44-8-5-27-71(44)59(92)39(19-24-48(79)80)66-55(88)41(63-45(74)21-26-50(83)84)29-34-11-15-36(73)16-12-34)60(93)72-28-6-7-43(72)57(90)65-38(18-23-47(77)78)54(87)64-37(17-22-46(75)76)53(86)62-32(3)52(85)68-42(56(89)67-40(61(94)95)20-25-49(81)82)30-33-9-13-35(14-10-33)70-99(96,97)98/h9-16,31-32,37-44,51,70,73H,4-8,17-30H2,1-3H3,(H,62,86)(H,63,74)(H,64,87)(H,65,90)(H,66,88)(H,67,89)(H,68,85)(H,69,91)(H,75,76)(H,77,78)(H,79,80)(H,81,82)(H,83,84)(H,94,95)(H,96,97,98)/t31-,32-,37-,38-,39-,40-,41-,42-,43-,44-,51-/m0/s1. The fraction of sp³-hybridized carbons (Fsp3) is 0.541. The fourth-order valence-corrected chi connectivity index (χ4v) is 11.1. The number of amides is 10. The molecule has 0 aromatic heterocycles. The molecule has 0 aliphatic carbocycles. The van der Waals surface area contributed by atoms with E-state index in [9.17, 15) is 111 Å². The van der Waals surface area contributed by atoms with Crippen LogP contribution in [0.25, 0.3) is 0 Å². The zero-order valence-electron chi connectivity index (χ0n) is 54.1. The lowest BCUT2D eigenvalue weighted by Crippen LogP contribution is -2.61. The van der Waals surface area contributed by atoms with Crippen LogP contribution in [0.1, 0.15) is 128 Å². The molecule has 2 saturated heterocycles. The predicted octanol–water partition coefficient (Wildman–Crippen LogP) is -2.27. The van der Waals surface area contributed by atoms with Crippen LogP contribution in [0.3, 0.4) is 0 Å². The van der Waals surface area contributed by atoms with Crippen LogP contribution in [0.2, 0.25) is 0 Å². The number of carboxylic acid groups (broad SMARTS) is 6. The van der Waals surface area contributed by atoms with Gasteiger partial charge >= 0.3 is 46.1 Å². The number of nitrogens with one attached hydrogen (secondary N) is 9. The van der Waals surface area contributed by atoms with Gasteiger partial charge < -0.3 is 88.1 Å². The summed E-state index contributed by atoms with van der Waals surface area (Å²) in [6.45, 7) is 4.21. The van der Waals surface area contributed by atoms with Gasteiger partial charge in [-0.05, 0) is 99.6 Å².